The van der Waals surface area contributed by atoms with Gasteiger partial charge in [0.1, 0.15) is 0 Å². The quantitative estimate of drug-likeness (QED) is 0.375. The minimum Gasteiger partial charge on any atom is -0.381 e. The molecule has 0 bridgehead atoms. The second-order valence-electron chi connectivity index (χ2n) is 4.93. The number of nitro benzene ring substituents is 1. The molecular formula is C15H20N2O3. The van der Waals surface area contributed by atoms with Gasteiger partial charge in [-0.1, -0.05) is 24.3 Å². The number of ether oxygens (including phenoxy) is 1. The van der Waals surface area contributed by atoms with Crippen LogP contribution in [0.3, 0.4) is 0 Å². The molecule has 1 aromatic carbocycles. The zero-order valence-electron chi connectivity index (χ0n) is 11.5. The van der Waals surface area contributed by atoms with Crippen molar-refractivity contribution in [1.82, 2.24) is 5.32 Å². The molecular weight excluding hydrogens is 256 g/mol. The normalized spacial score (nSPS) is 16.6. The molecule has 2 rings (SSSR count). The Balaban J connectivity index is 1.67. The lowest BCUT2D eigenvalue weighted by Gasteiger charge is -2.18. The van der Waals surface area contributed by atoms with E-state index in [-0.39, 0.29) is 10.6 Å². The van der Waals surface area contributed by atoms with E-state index in [1.807, 2.05) is 0 Å². The molecule has 1 N–H and O–H groups in total. The SMILES string of the molecule is O=[N+]([O-])c1ccc(CNCC=CC2CCOCC2)cc1. The Morgan fingerprint density at radius 2 is 2.00 bits per heavy atom. The molecule has 0 unspecified atom stereocenters. The molecule has 1 aliphatic heterocycles. The number of nitro groups is 1. The molecule has 1 heterocycles. The van der Waals surface area contributed by atoms with Gasteiger partial charge >= 0.3 is 0 Å². The van der Waals surface area contributed by atoms with Gasteiger partial charge in [0.2, 0.25) is 0 Å². The maximum absolute atomic E-state index is 10.5. The van der Waals surface area contributed by atoms with Crippen LogP contribution in [0.5, 0.6) is 0 Å². The van der Waals surface area contributed by atoms with Crippen LogP contribution >= 0.6 is 0 Å². The minimum absolute atomic E-state index is 0.133. The highest BCUT2D eigenvalue weighted by molar-refractivity contribution is 5.32. The lowest BCUT2D eigenvalue weighted by Crippen LogP contribution is -2.15. The molecule has 0 saturated carbocycles. The molecule has 0 radical (unpaired) electrons. The predicted octanol–water partition coefficient (Wildman–Crippen LogP) is 2.67. The summed E-state index contributed by atoms with van der Waals surface area (Å²) >= 11 is 0. The largest absolute Gasteiger partial charge is 0.381 e. The number of allylic oxidation sites excluding steroid dienone is 1. The summed E-state index contributed by atoms with van der Waals surface area (Å²) in [5.41, 5.74) is 1.18. The van der Waals surface area contributed by atoms with Crippen molar-refractivity contribution in [3.05, 3.63) is 52.1 Å². The van der Waals surface area contributed by atoms with Crippen LogP contribution < -0.4 is 5.32 Å². The average molecular weight is 276 g/mol. The van der Waals surface area contributed by atoms with Gasteiger partial charge in [0, 0.05) is 38.4 Å². The van der Waals surface area contributed by atoms with Crippen molar-refractivity contribution < 1.29 is 9.66 Å². The van der Waals surface area contributed by atoms with Crippen molar-refractivity contribution in [2.75, 3.05) is 19.8 Å². The Kier molecular flexibility index (Phi) is 5.70. The molecule has 20 heavy (non-hydrogen) atoms. The molecule has 1 aliphatic rings. The van der Waals surface area contributed by atoms with E-state index in [0.29, 0.717) is 5.92 Å². The average Bonchev–Trinajstić information content (AvgIpc) is 2.48. The van der Waals surface area contributed by atoms with Crippen LogP contribution in [0.1, 0.15) is 18.4 Å². The maximum atomic E-state index is 10.5. The van der Waals surface area contributed by atoms with Crippen molar-refractivity contribution in [3.8, 4) is 0 Å². The van der Waals surface area contributed by atoms with Crippen LogP contribution in [0, 0.1) is 16.0 Å². The number of hydrogen-bond acceptors (Lipinski definition) is 4. The number of hydrogen-bond donors (Lipinski definition) is 1. The Hall–Kier alpha value is -1.72. The molecule has 108 valence electrons. The molecule has 1 fully saturated rings. The molecule has 5 nitrogen and oxygen atoms in total. The van der Waals surface area contributed by atoms with E-state index >= 15 is 0 Å². The molecule has 0 atom stereocenters. The highest BCUT2D eigenvalue weighted by atomic mass is 16.6. The standard InChI is InChI=1S/C15H20N2O3/c18-17(19)15-5-3-14(4-6-15)12-16-9-1-2-13-7-10-20-11-8-13/h1-6,13,16H,7-12H2. The van der Waals surface area contributed by atoms with E-state index in [1.165, 1.54) is 12.1 Å². The molecule has 5 heteroatoms. The fraction of sp³-hybridized carbons (Fsp3) is 0.467. The lowest BCUT2D eigenvalue weighted by atomic mass is 10.00. The van der Waals surface area contributed by atoms with Gasteiger partial charge in [-0.15, -0.1) is 0 Å². The van der Waals surface area contributed by atoms with Gasteiger partial charge in [0.25, 0.3) is 5.69 Å². The predicted molar refractivity (Wildman–Crippen MR) is 77.5 cm³/mol. The van der Waals surface area contributed by atoms with Gasteiger partial charge in [-0.05, 0) is 24.3 Å². The lowest BCUT2D eigenvalue weighted by molar-refractivity contribution is -0.384. The Morgan fingerprint density at radius 1 is 1.30 bits per heavy atom. The number of non-ortho nitro benzene ring substituents is 1. The van der Waals surface area contributed by atoms with Gasteiger partial charge < -0.3 is 10.1 Å². The van der Waals surface area contributed by atoms with Crippen LogP contribution in [-0.4, -0.2) is 24.7 Å². The van der Waals surface area contributed by atoms with Crippen molar-refractivity contribution in [1.29, 1.82) is 0 Å². The van der Waals surface area contributed by atoms with Gasteiger partial charge in [0.05, 0.1) is 4.92 Å². The Bertz CT molecular complexity index is 451. The Labute approximate surface area is 118 Å². The summed E-state index contributed by atoms with van der Waals surface area (Å²) in [6, 6.07) is 6.64. The third-order valence-electron chi connectivity index (χ3n) is 3.41. The van der Waals surface area contributed by atoms with Crippen molar-refractivity contribution in [2.45, 2.75) is 19.4 Å². The second kappa shape index (κ2) is 7.77. The van der Waals surface area contributed by atoms with E-state index in [4.69, 9.17) is 4.74 Å². The second-order valence-corrected chi connectivity index (χ2v) is 4.93. The van der Waals surface area contributed by atoms with Gasteiger partial charge in [0.15, 0.2) is 0 Å². The van der Waals surface area contributed by atoms with E-state index < -0.39 is 0 Å². The van der Waals surface area contributed by atoms with E-state index in [1.54, 1.807) is 12.1 Å². The highest BCUT2D eigenvalue weighted by Gasteiger charge is 2.09. The summed E-state index contributed by atoms with van der Waals surface area (Å²) in [5.74, 6) is 0.643. The van der Waals surface area contributed by atoms with Crippen LogP contribution in [0.4, 0.5) is 5.69 Å². The van der Waals surface area contributed by atoms with Gasteiger partial charge in [-0.25, -0.2) is 0 Å². The molecule has 0 spiro atoms. The van der Waals surface area contributed by atoms with Gasteiger partial charge in [-0.3, -0.25) is 10.1 Å². The number of rotatable bonds is 6. The van der Waals surface area contributed by atoms with Gasteiger partial charge in [-0.2, -0.15) is 0 Å². The first-order valence-electron chi connectivity index (χ1n) is 6.94. The number of nitrogens with one attached hydrogen (secondary N) is 1. The summed E-state index contributed by atoms with van der Waals surface area (Å²) < 4.78 is 5.31. The zero-order valence-corrected chi connectivity index (χ0v) is 11.5. The third kappa shape index (κ3) is 4.75. The Morgan fingerprint density at radius 3 is 2.65 bits per heavy atom. The fourth-order valence-corrected chi connectivity index (χ4v) is 2.20. The summed E-state index contributed by atoms with van der Waals surface area (Å²) in [6.07, 6.45) is 6.63. The maximum Gasteiger partial charge on any atom is 0.269 e. The monoisotopic (exact) mass is 276 g/mol. The van der Waals surface area contributed by atoms with E-state index in [9.17, 15) is 10.1 Å². The molecule has 0 aromatic heterocycles. The third-order valence-corrected chi connectivity index (χ3v) is 3.41. The number of benzene rings is 1. The topological polar surface area (TPSA) is 64.4 Å². The van der Waals surface area contributed by atoms with Crippen molar-refractivity contribution in [3.63, 3.8) is 0 Å². The van der Waals surface area contributed by atoms with Crippen LogP contribution in [0.25, 0.3) is 0 Å². The first-order valence-corrected chi connectivity index (χ1v) is 6.94. The smallest absolute Gasteiger partial charge is 0.269 e. The first-order chi connectivity index (χ1) is 9.75. The van der Waals surface area contributed by atoms with E-state index in [2.05, 4.69) is 17.5 Å². The molecule has 1 saturated heterocycles. The molecule has 1 aromatic rings. The zero-order chi connectivity index (χ0) is 14.2. The van der Waals surface area contributed by atoms with Crippen LogP contribution in [-0.2, 0) is 11.3 Å². The molecule has 0 amide bonds. The fourth-order valence-electron chi connectivity index (χ4n) is 2.20. The summed E-state index contributed by atoms with van der Waals surface area (Å²) in [6.45, 7) is 3.26. The van der Waals surface area contributed by atoms with Crippen LogP contribution in [0.15, 0.2) is 36.4 Å². The number of nitrogens with zero attached hydrogens (tertiary/aromatic N) is 1. The first kappa shape index (κ1) is 14.7. The van der Waals surface area contributed by atoms with E-state index in [0.717, 1.165) is 44.7 Å². The van der Waals surface area contributed by atoms with Crippen molar-refractivity contribution in [2.24, 2.45) is 5.92 Å². The summed E-state index contributed by atoms with van der Waals surface area (Å²) in [5, 5.41) is 13.8. The van der Waals surface area contributed by atoms with Crippen molar-refractivity contribution >= 4 is 5.69 Å². The summed E-state index contributed by atoms with van der Waals surface area (Å²) in [7, 11) is 0. The highest BCUT2D eigenvalue weighted by Crippen LogP contribution is 2.15. The summed E-state index contributed by atoms with van der Waals surface area (Å²) in [4.78, 5) is 10.2. The molecule has 0 aliphatic carbocycles. The minimum atomic E-state index is -0.381. The van der Waals surface area contributed by atoms with Crippen LogP contribution in [0.2, 0.25) is 0 Å².